The zero-order valence-corrected chi connectivity index (χ0v) is 8.71. The molecule has 0 amide bonds. The first-order valence-electron chi connectivity index (χ1n) is 2.36. The summed E-state index contributed by atoms with van der Waals surface area (Å²) in [4.78, 5) is 8.56. The SMILES string of the molecule is CC(C)(C)[O-].O=C(O)O.[Na+]. The fourth-order valence-corrected chi connectivity index (χ4v) is 0. The van der Waals surface area contributed by atoms with Gasteiger partial charge in [-0.2, -0.15) is 0 Å². The largest absolute Gasteiger partial charge is 1.00 e. The second-order valence-corrected chi connectivity index (χ2v) is 2.39. The van der Waals surface area contributed by atoms with Gasteiger partial charge < -0.3 is 15.3 Å². The normalized spacial score (nSPS) is 8.40. The molecule has 0 atom stereocenters. The van der Waals surface area contributed by atoms with Gasteiger partial charge in [0.2, 0.25) is 0 Å². The van der Waals surface area contributed by atoms with Crippen LogP contribution in [0.5, 0.6) is 0 Å². The Bertz CT molecular complexity index is 76.1. The average molecular weight is 158 g/mol. The molecule has 0 fully saturated rings. The van der Waals surface area contributed by atoms with Crippen LogP contribution in [0.1, 0.15) is 20.8 Å². The number of carbonyl (C=O) groups is 1. The Morgan fingerprint density at radius 3 is 1.30 bits per heavy atom. The van der Waals surface area contributed by atoms with Crippen molar-refractivity contribution in [3.8, 4) is 0 Å². The van der Waals surface area contributed by atoms with Crippen LogP contribution in [0.15, 0.2) is 0 Å². The molecule has 0 aliphatic rings. The van der Waals surface area contributed by atoms with Crippen molar-refractivity contribution < 1.29 is 49.7 Å². The summed E-state index contributed by atoms with van der Waals surface area (Å²) in [6, 6.07) is 0. The molecule has 0 saturated carbocycles. The van der Waals surface area contributed by atoms with Crippen LogP contribution in [0.4, 0.5) is 4.79 Å². The van der Waals surface area contributed by atoms with E-state index in [4.69, 9.17) is 15.0 Å². The molecule has 10 heavy (non-hydrogen) atoms. The minimum Gasteiger partial charge on any atom is -0.850 e. The monoisotopic (exact) mass is 158 g/mol. The average Bonchev–Trinajstić information content (AvgIpc) is 1.19. The summed E-state index contributed by atoms with van der Waals surface area (Å²) in [5.41, 5.74) is -0.750. The van der Waals surface area contributed by atoms with Crippen molar-refractivity contribution in [1.29, 1.82) is 0 Å². The summed E-state index contributed by atoms with van der Waals surface area (Å²) >= 11 is 0. The van der Waals surface area contributed by atoms with E-state index in [1.54, 1.807) is 20.8 Å². The van der Waals surface area contributed by atoms with Gasteiger partial charge >= 0.3 is 35.7 Å². The van der Waals surface area contributed by atoms with E-state index in [1.165, 1.54) is 0 Å². The zero-order chi connectivity index (χ0) is 8.08. The van der Waals surface area contributed by atoms with Gasteiger partial charge in [0.1, 0.15) is 0 Å². The van der Waals surface area contributed by atoms with Crippen LogP contribution in [-0.2, 0) is 0 Å². The smallest absolute Gasteiger partial charge is 0.850 e. The summed E-state index contributed by atoms with van der Waals surface area (Å²) in [6.45, 7) is 4.90. The second kappa shape index (κ2) is 7.34. The Morgan fingerprint density at radius 2 is 1.30 bits per heavy atom. The third kappa shape index (κ3) is 8130. The van der Waals surface area contributed by atoms with Gasteiger partial charge in [-0.25, -0.2) is 4.79 Å². The molecular formula is C5H11NaO4. The van der Waals surface area contributed by atoms with E-state index in [0.29, 0.717) is 0 Å². The van der Waals surface area contributed by atoms with Gasteiger partial charge in [-0.05, 0) is 0 Å². The summed E-state index contributed by atoms with van der Waals surface area (Å²) in [6.07, 6.45) is -1.83. The second-order valence-electron chi connectivity index (χ2n) is 2.39. The Labute approximate surface area is 82.2 Å². The molecule has 0 spiro atoms. The number of hydrogen-bond donors (Lipinski definition) is 2. The maximum Gasteiger partial charge on any atom is 1.00 e. The van der Waals surface area contributed by atoms with Crippen LogP contribution >= 0.6 is 0 Å². The standard InChI is InChI=1S/C4H9O.CH2O3.Na/c1-4(2,3)5;2-1(3)4;/h1-3H3;(H2,2,3,4);/q-1;;+1. The van der Waals surface area contributed by atoms with Crippen LogP contribution in [0.25, 0.3) is 0 Å². The third-order valence-electron chi connectivity index (χ3n) is 0. The van der Waals surface area contributed by atoms with E-state index >= 15 is 0 Å². The topological polar surface area (TPSA) is 80.6 Å². The van der Waals surface area contributed by atoms with E-state index in [9.17, 15) is 5.11 Å². The maximum atomic E-state index is 10.1. The van der Waals surface area contributed by atoms with Crippen LogP contribution in [0, 0.1) is 0 Å². The van der Waals surface area contributed by atoms with Crippen LogP contribution in [0.3, 0.4) is 0 Å². The van der Waals surface area contributed by atoms with Crippen LogP contribution < -0.4 is 34.7 Å². The van der Waals surface area contributed by atoms with Crippen LogP contribution in [0.2, 0.25) is 0 Å². The van der Waals surface area contributed by atoms with Gasteiger partial charge in [-0.1, -0.05) is 20.8 Å². The molecule has 0 aromatic heterocycles. The molecule has 0 rings (SSSR count). The van der Waals surface area contributed by atoms with Gasteiger partial charge in [0.05, 0.1) is 0 Å². The summed E-state index contributed by atoms with van der Waals surface area (Å²) in [5, 5.41) is 24.0. The Morgan fingerprint density at radius 1 is 1.30 bits per heavy atom. The van der Waals surface area contributed by atoms with Crippen molar-refractivity contribution in [3.63, 3.8) is 0 Å². The minimum absolute atomic E-state index is 0. The molecule has 0 aliphatic heterocycles. The third-order valence-corrected chi connectivity index (χ3v) is 0. The molecular weight excluding hydrogens is 147 g/mol. The summed E-state index contributed by atoms with van der Waals surface area (Å²) in [7, 11) is 0. The quantitative estimate of drug-likeness (QED) is 0.378. The van der Waals surface area contributed by atoms with Gasteiger partial charge in [-0.3, -0.25) is 0 Å². The Kier molecular flexibility index (Phi) is 12.2. The van der Waals surface area contributed by atoms with E-state index in [1.807, 2.05) is 0 Å². The molecule has 2 N–H and O–H groups in total. The molecule has 0 aliphatic carbocycles. The molecule has 0 bridgehead atoms. The first-order valence-corrected chi connectivity index (χ1v) is 2.36. The zero-order valence-electron chi connectivity index (χ0n) is 6.71. The van der Waals surface area contributed by atoms with Crippen molar-refractivity contribution in [1.82, 2.24) is 0 Å². The fourth-order valence-electron chi connectivity index (χ4n) is 0. The van der Waals surface area contributed by atoms with Crippen molar-refractivity contribution >= 4 is 6.16 Å². The van der Waals surface area contributed by atoms with Crippen molar-refractivity contribution in [3.05, 3.63) is 0 Å². The molecule has 0 saturated heterocycles. The van der Waals surface area contributed by atoms with Gasteiger partial charge in [-0.15, -0.1) is 5.60 Å². The Hall–Kier alpha value is 0.230. The first kappa shape index (κ1) is 16.7. The molecule has 0 radical (unpaired) electrons. The van der Waals surface area contributed by atoms with E-state index in [0.717, 1.165) is 0 Å². The fraction of sp³-hybridized carbons (Fsp3) is 0.800. The van der Waals surface area contributed by atoms with Gasteiger partial charge in [0.25, 0.3) is 0 Å². The molecule has 56 valence electrons. The summed E-state index contributed by atoms with van der Waals surface area (Å²) < 4.78 is 0. The molecule has 0 unspecified atom stereocenters. The predicted octanol–water partition coefficient (Wildman–Crippen LogP) is -2.63. The molecule has 0 aromatic rings. The minimum atomic E-state index is -1.83. The van der Waals surface area contributed by atoms with E-state index in [-0.39, 0.29) is 29.6 Å². The van der Waals surface area contributed by atoms with Gasteiger partial charge in [0, 0.05) is 0 Å². The number of hydrogen-bond acceptors (Lipinski definition) is 2. The Balaban J connectivity index is -0.0000000910. The first-order chi connectivity index (χ1) is 3.73. The summed E-state index contributed by atoms with van der Waals surface area (Å²) in [5.74, 6) is 0. The molecule has 0 aromatic carbocycles. The molecule has 0 heterocycles. The van der Waals surface area contributed by atoms with Crippen molar-refractivity contribution in [2.75, 3.05) is 0 Å². The van der Waals surface area contributed by atoms with E-state index in [2.05, 4.69) is 0 Å². The van der Waals surface area contributed by atoms with Crippen LogP contribution in [-0.4, -0.2) is 22.0 Å². The molecule has 4 nitrogen and oxygen atoms in total. The van der Waals surface area contributed by atoms with Crippen molar-refractivity contribution in [2.24, 2.45) is 0 Å². The van der Waals surface area contributed by atoms with Crippen molar-refractivity contribution in [2.45, 2.75) is 26.4 Å². The number of rotatable bonds is 0. The maximum absolute atomic E-state index is 10.1. The van der Waals surface area contributed by atoms with Gasteiger partial charge in [0.15, 0.2) is 0 Å². The predicted molar refractivity (Wildman–Crippen MR) is 30.4 cm³/mol. The van der Waals surface area contributed by atoms with E-state index < -0.39 is 11.8 Å². The number of carboxylic acid groups (broad SMARTS) is 2. The molecule has 5 heteroatoms.